The molecule has 0 spiro atoms. The van der Waals surface area contributed by atoms with Crippen molar-refractivity contribution in [3.05, 3.63) is 147 Å². The topological polar surface area (TPSA) is 165 Å². The molecule has 13 nitrogen and oxygen atoms in total. The number of nitrogens with zero attached hydrogens (tertiary/aromatic N) is 2. The number of pyridine rings is 1. The second-order valence-corrected chi connectivity index (χ2v) is 20.7. The Morgan fingerprint density at radius 1 is 0.783 bits per heavy atom. The summed E-state index contributed by atoms with van der Waals surface area (Å²) in [5.41, 5.74) is 3.53. The number of esters is 2. The average Bonchev–Trinajstić information content (AvgIpc) is 4.16. The van der Waals surface area contributed by atoms with Crippen LogP contribution in [0.25, 0.3) is 0 Å². The van der Waals surface area contributed by atoms with Gasteiger partial charge in [0.2, 0.25) is 10.0 Å². The number of halogens is 4. The molecule has 4 saturated heterocycles. The van der Waals surface area contributed by atoms with Gasteiger partial charge in [0.25, 0.3) is 0 Å². The molecule has 5 fully saturated rings. The summed E-state index contributed by atoms with van der Waals surface area (Å²) in [5, 5.41) is 0.576. The molecule has 69 heavy (non-hydrogen) atoms. The molecular weight excluding hydrogens is 956 g/mol. The van der Waals surface area contributed by atoms with Crippen molar-refractivity contribution < 1.29 is 60.9 Å². The highest BCUT2D eigenvalue weighted by Gasteiger charge is 2.43. The number of nitrogens with one attached hydrogen (secondary N) is 1. The number of rotatable bonds is 20. The smallest absolute Gasteiger partial charge is 0.387 e. The number of alkyl halides is 2. The molecule has 1 saturated carbocycles. The number of H-pyrrole nitrogens is 1. The maximum atomic E-state index is 13.7. The highest BCUT2D eigenvalue weighted by molar-refractivity contribution is 7.89. The van der Waals surface area contributed by atoms with E-state index in [0.29, 0.717) is 35.3 Å². The van der Waals surface area contributed by atoms with Crippen molar-refractivity contribution in [3.8, 4) is 17.2 Å². The lowest BCUT2D eigenvalue weighted by Gasteiger charge is -2.44. The normalized spacial score (nSPS) is 20.0. The highest BCUT2D eigenvalue weighted by atomic mass is 35.5. The van der Waals surface area contributed by atoms with Gasteiger partial charge >= 0.3 is 18.6 Å². The van der Waals surface area contributed by atoms with Gasteiger partial charge in [-0.05, 0) is 109 Å². The Morgan fingerprint density at radius 3 is 2.16 bits per heavy atom. The van der Waals surface area contributed by atoms with Crippen LogP contribution in [0.2, 0.25) is 10.0 Å². The first-order chi connectivity index (χ1) is 32.9. The number of piperidine rings is 3. The molecule has 5 aromatic rings. The molecule has 0 amide bonds. The number of carbonyl (C=O) groups is 2. The fraction of sp³-hybridized carbons (Fsp3) is 0.392. The van der Waals surface area contributed by atoms with Gasteiger partial charge in [-0.2, -0.15) is 13.1 Å². The number of ether oxygens (including phenoxy) is 5. The molecule has 10 rings (SSSR count). The number of sulfonamides is 1. The van der Waals surface area contributed by atoms with Gasteiger partial charge in [0, 0.05) is 37.5 Å². The van der Waals surface area contributed by atoms with Crippen LogP contribution in [0.4, 0.5) is 8.78 Å². The van der Waals surface area contributed by atoms with Gasteiger partial charge in [-0.25, -0.2) is 13.4 Å². The standard InChI is InChI=1S/C51H51Cl2F2N3O9S.H2O/c52-43-25-56-26-44(53)42(43)23-46(37-13-16-45(67-51(54)55)47(22-37)64-31-32-9-10-32)66-50(60)38-27-58(28-38)68(61,62)40-14-11-33(12-15-40)30-63-39-8-4-7-36(21-39)41(34-5-2-1-3-6-34)24-49(59)65-48-29-57-19-17-35(48)18-20-57;/h1-8,11-16,21-22,25-26,32,35,38,41,46,48,51H,9-10,17-20,23-24,27-31H2;1H2/t41-,46-,48-;/m0./s1. The minimum atomic E-state index is -3.97. The molecule has 2 N–H and O–H groups in total. The third kappa shape index (κ3) is 12.3. The van der Waals surface area contributed by atoms with E-state index in [0.717, 1.165) is 62.0 Å². The summed E-state index contributed by atoms with van der Waals surface area (Å²) in [7, 11) is -3.97. The second-order valence-electron chi connectivity index (χ2n) is 18.0. The Balaban J connectivity index is 0.00000642. The van der Waals surface area contributed by atoms with E-state index >= 15 is 0 Å². The molecule has 0 unspecified atom stereocenters. The van der Waals surface area contributed by atoms with E-state index in [4.69, 9.17) is 46.9 Å². The van der Waals surface area contributed by atoms with Crippen LogP contribution in [0.15, 0.2) is 114 Å². The van der Waals surface area contributed by atoms with Crippen LogP contribution in [0.3, 0.4) is 0 Å². The van der Waals surface area contributed by atoms with E-state index in [-0.39, 0.29) is 82.4 Å². The Morgan fingerprint density at radius 2 is 1.49 bits per heavy atom. The number of carbonyl (C=O) groups excluding carboxylic acids is 2. The minimum Gasteiger partial charge on any atom is -0.870 e. The van der Waals surface area contributed by atoms with Crippen molar-refractivity contribution in [2.75, 3.05) is 39.3 Å². The molecule has 1 aromatic heterocycles. The van der Waals surface area contributed by atoms with E-state index in [1.54, 1.807) is 12.1 Å². The molecule has 2 bridgehead atoms. The molecule has 366 valence electrons. The zero-order chi connectivity index (χ0) is 47.4. The zero-order valence-electron chi connectivity index (χ0n) is 37.6. The summed E-state index contributed by atoms with van der Waals surface area (Å²) in [6.07, 6.45) is 6.26. The van der Waals surface area contributed by atoms with Crippen LogP contribution in [0.1, 0.15) is 71.9 Å². The number of aromatic nitrogens is 1. The average molecular weight is 1010 g/mol. The fourth-order valence-electron chi connectivity index (χ4n) is 9.06. The summed E-state index contributed by atoms with van der Waals surface area (Å²) in [6, 6.07) is 28.3. The lowest BCUT2D eigenvalue weighted by atomic mass is 9.85. The molecule has 5 aliphatic rings. The van der Waals surface area contributed by atoms with E-state index < -0.39 is 34.6 Å². The molecule has 0 radical (unpaired) electrons. The summed E-state index contributed by atoms with van der Waals surface area (Å²) < 4.78 is 84.2. The van der Waals surface area contributed by atoms with Gasteiger partial charge in [-0.1, -0.05) is 83.9 Å². The second kappa shape index (κ2) is 22.2. The van der Waals surface area contributed by atoms with Gasteiger partial charge in [0.05, 0.1) is 23.8 Å². The molecule has 4 aromatic carbocycles. The lowest BCUT2D eigenvalue weighted by Crippen LogP contribution is -2.53. The van der Waals surface area contributed by atoms with Gasteiger partial charge in [0.1, 0.15) is 34.6 Å². The van der Waals surface area contributed by atoms with Crippen LogP contribution >= 0.6 is 23.2 Å². The van der Waals surface area contributed by atoms with Crippen LogP contribution in [-0.4, -0.2) is 87.1 Å². The van der Waals surface area contributed by atoms with E-state index in [2.05, 4.69) is 9.88 Å². The van der Waals surface area contributed by atoms with Gasteiger partial charge in [-0.15, -0.1) is 0 Å². The molecule has 18 heteroatoms. The van der Waals surface area contributed by atoms with Crippen LogP contribution < -0.4 is 19.2 Å². The zero-order valence-corrected chi connectivity index (χ0v) is 39.9. The minimum absolute atomic E-state index is 0. The molecule has 3 atom stereocenters. The van der Waals surface area contributed by atoms with Crippen molar-refractivity contribution in [2.24, 2.45) is 17.8 Å². The van der Waals surface area contributed by atoms with Crippen LogP contribution in [0.5, 0.6) is 17.2 Å². The number of aromatic amines is 1. The summed E-state index contributed by atoms with van der Waals surface area (Å²) >= 11 is 13.0. The maximum absolute atomic E-state index is 13.7. The van der Waals surface area contributed by atoms with Crippen LogP contribution in [0, 0.1) is 17.8 Å². The molecule has 5 heterocycles. The fourth-order valence-corrected chi connectivity index (χ4v) is 11.1. The molecule has 1 aliphatic carbocycles. The number of benzene rings is 4. The summed E-state index contributed by atoms with van der Waals surface area (Å²) in [6.45, 7) is 0.0882. The van der Waals surface area contributed by atoms with E-state index in [9.17, 15) is 26.8 Å². The largest absolute Gasteiger partial charge is 0.870 e. The van der Waals surface area contributed by atoms with E-state index in [1.807, 2.05) is 54.6 Å². The predicted octanol–water partition coefficient (Wildman–Crippen LogP) is 8.91. The first-order valence-electron chi connectivity index (χ1n) is 22.9. The van der Waals surface area contributed by atoms with E-state index in [1.165, 1.54) is 47.0 Å². The summed E-state index contributed by atoms with van der Waals surface area (Å²) in [4.78, 5) is 32.4. The highest BCUT2D eigenvalue weighted by Crippen LogP contribution is 2.39. The third-order valence-corrected chi connectivity index (χ3v) is 15.8. The maximum Gasteiger partial charge on any atom is 0.387 e. The third-order valence-electron chi connectivity index (χ3n) is 13.2. The molecular formula is C51H53Cl2F2N3O10S. The Bertz CT molecular complexity index is 2670. The van der Waals surface area contributed by atoms with Crippen molar-refractivity contribution in [1.82, 2.24) is 9.21 Å². The van der Waals surface area contributed by atoms with Crippen molar-refractivity contribution in [1.29, 1.82) is 0 Å². The predicted molar refractivity (Wildman–Crippen MR) is 250 cm³/mol. The SMILES string of the molecule is O=C(C[C@@H](c1ccccc1)c1cccc(OCc2ccc(S(=O)(=O)N3CC(C(=O)O[C@@H](Cc4c(Cl)c[nH+]cc4Cl)c4ccc(OC(F)F)c(OCC5CC5)c4)C3)cc2)c1)O[C@H]1CN2CCC1CC2.[OH-]. The van der Waals surface area contributed by atoms with Crippen molar-refractivity contribution >= 4 is 45.2 Å². The van der Waals surface area contributed by atoms with Crippen molar-refractivity contribution in [2.45, 2.75) is 74.8 Å². The summed E-state index contributed by atoms with van der Waals surface area (Å²) in [5.74, 6) is -0.651. The van der Waals surface area contributed by atoms with Crippen LogP contribution in [-0.2, 0) is 42.1 Å². The first kappa shape index (κ1) is 50.0. The van der Waals surface area contributed by atoms with Gasteiger partial charge in [0.15, 0.2) is 23.9 Å². The number of hydrogen-bond acceptors (Lipinski definition) is 11. The first-order valence-corrected chi connectivity index (χ1v) is 25.1. The Labute approximate surface area is 409 Å². The van der Waals surface area contributed by atoms with Gasteiger partial charge in [-0.3, -0.25) is 14.5 Å². The van der Waals surface area contributed by atoms with Crippen molar-refractivity contribution in [3.63, 3.8) is 0 Å². The Hall–Kier alpha value is -5.36. The number of hydrogen-bond donors (Lipinski definition) is 0. The monoisotopic (exact) mass is 1010 g/mol. The lowest BCUT2D eigenvalue weighted by molar-refractivity contribution is -0.377. The van der Waals surface area contributed by atoms with Gasteiger partial charge < -0.3 is 29.2 Å². The number of fused-ring (bicyclic) bond motifs is 3. The Kier molecular flexibility index (Phi) is 16.1. The quantitative estimate of drug-likeness (QED) is 0.0684. The molecule has 4 aliphatic heterocycles.